The van der Waals surface area contributed by atoms with Crippen LogP contribution in [0.15, 0.2) is 65.3 Å². The van der Waals surface area contributed by atoms with Crippen LogP contribution in [0.1, 0.15) is 68.4 Å². The molecule has 0 bridgehead atoms. The number of hydrogen-bond donors (Lipinski definition) is 1. The molecule has 2 aromatic heterocycles. The highest BCUT2D eigenvalue weighted by Crippen LogP contribution is 2.35. The topological polar surface area (TPSA) is 67.5 Å². The largest absolute Gasteiger partial charge is 0.463 e. The summed E-state index contributed by atoms with van der Waals surface area (Å²) in [5.41, 5.74) is 1.55. The van der Waals surface area contributed by atoms with E-state index in [0.29, 0.717) is 30.5 Å². The highest BCUT2D eigenvalue weighted by Gasteiger charge is 2.48. The minimum Gasteiger partial charge on any atom is -0.463 e. The summed E-state index contributed by atoms with van der Waals surface area (Å²) in [7, 11) is 0. The van der Waals surface area contributed by atoms with Crippen LogP contribution in [0.4, 0.5) is 0 Å². The smallest absolute Gasteiger partial charge is 0.271 e. The number of benzene rings is 1. The predicted octanol–water partition coefficient (Wildman–Crippen LogP) is 5.46. The number of furan rings is 1. The van der Waals surface area contributed by atoms with Crippen molar-refractivity contribution >= 4 is 11.8 Å². The van der Waals surface area contributed by atoms with Crippen LogP contribution in [-0.4, -0.2) is 39.4 Å². The van der Waals surface area contributed by atoms with Crippen LogP contribution in [0.5, 0.6) is 0 Å². The van der Waals surface area contributed by atoms with Crippen molar-refractivity contribution in [1.29, 1.82) is 0 Å². The maximum Gasteiger partial charge on any atom is 0.271 e. The van der Waals surface area contributed by atoms with Gasteiger partial charge in [-0.05, 0) is 74.3 Å². The van der Waals surface area contributed by atoms with Crippen LogP contribution in [0.25, 0.3) is 11.5 Å². The van der Waals surface area contributed by atoms with E-state index in [1.54, 1.807) is 11.2 Å². The summed E-state index contributed by atoms with van der Waals surface area (Å²) >= 11 is 0. The molecule has 1 N–H and O–H groups in total. The predicted molar refractivity (Wildman–Crippen MR) is 136 cm³/mol. The van der Waals surface area contributed by atoms with Crippen molar-refractivity contribution in [2.75, 3.05) is 6.54 Å². The molecule has 0 radical (unpaired) electrons. The highest BCUT2D eigenvalue weighted by molar-refractivity contribution is 6.00. The van der Waals surface area contributed by atoms with Gasteiger partial charge in [0.15, 0.2) is 0 Å². The summed E-state index contributed by atoms with van der Waals surface area (Å²) in [4.78, 5) is 29.6. The number of hydrogen-bond acceptors (Lipinski definition) is 3. The molecule has 0 spiro atoms. The van der Waals surface area contributed by atoms with Crippen molar-refractivity contribution in [1.82, 2.24) is 14.8 Å². The zero-order valence-corrected chi connectivity index (χ0v) is 20.9. The Kier molecular flexibility index (Phi) is 6.30. The van der Waals surface area contributed by atoms with Crippen LogP contribution < -0.4 is 5.32 Å². The minimum absolute atomic E-state index is 0.0737. The maximum absolute atomic E-state index is 13.9. The molecule has 6 nitrogen and oxygen atoms in total. The molecule has 6 heteroatoms. The first-order chi connectivity index (χ1) is 16.9. The van der Waals surface area contributed by atoms with E-state index in [9.17, 15) is 9.59 Å². The SMILES string of the molecule is CC1CCC(NC(=O)C2(C)Cn3c(ccc3-c3ccco3)C(=O)N2CC(C)c2ccccc2)CC1. The number of rotatable bonds is 6. The van der Waals surface area contributed by atoms with Crippen LogP contribution in [0, 0.1) is 5.92 Å². The van der Waals surface area contributed by atoms with Gasteiger partial charge in [-0.25, -0.2) is 0 Å². The third kappa shape index (κ3) is 4.42. The molecular formula is C29H35N3O3. The Morgan fingerprint density at radius 2 is 1.77 bits per heavy atom. The highest BCUT2D eigenvalue weighted by atomic mass is 16.3. The zero-order chi connectivity index (χ0) is 24.6. The van der Waals surface area contributed by atoms with Gasteiger partial charge in [0, 0.05) is 12.6 Å². The first kappa shape index (κ1) is 23.5. The molecule has 1 aliphatic carbocycles. The van der Waals surface area contributed by atoms with Gasteiger partial charge in [0.25, 0.3) is 5.91 Å². The van der Waals surface area contributed by atoms with Crippen molar-refractivity contribution in [3.63, 3.8) is 0 Å². The lowest BCUT2D eigenvalue weighted by Gasteiger charge is -2.46. The molecule has 1 aliphatic heterocycles. The molecule has 2 aliphatic rings. The van der Waals surface area contributed by atoms with Gasteiger partial charge in [-0.1, -0.05) is 44.2 Å². The van der Waals surface area contributed by atoms with E-state index < -0.39 is 5.54 Å². The summed E-state index contributed by atoms with van der Waals surface area (Å²) in [6.07, 6.45) is 5.86. The van der Waals surface area contributed by atoms with Gasteiger partial charge in [0.1, 0.15) is 17.0 Å². The normalized spacial score (nSPS) is 25.2. The third-order valence-corrected chi connectivity index (χ3v) is 7.95. The van der Waals surface area contributed by atoms with E-state index in [1.807, 2.05) is 54.0 Å². The fourth-order valence-electron chi connectivity index (χ4n) is 5.60. The lowest BCUT2D eigenvalue weighted by atomic mass is 9.86. The van der Waals surface area contributed by atoms with E-state index >= 15 is 0 Å². The lowest BCUT2D eigenvalue weighted by Crippen LogP contribution is -2.65. The quantitative estimate of drug-likeness (QED) is 0.517. The fourth-order valence-corrected chi connectivity index (χ4v) is 5.60. The number of fused-ring (bicyclic) bond motifs is 1. The Balaban J connectivity index is 1.49. The Morgan fingerprint density at radius 1 is 1.06 bits per heavy atom. The Morgan fingerprint density at radius 3 is 2.46 bits per heavy atom. The first-order valence-electron chi connectivity index (χ1n) is 12.8. The van der Waals surface area contributed by atoms with E-state index in [2.05, 4.69) is 31.3 Å². The van der Waals surface area contributed by atoms with Gasteiger partial charge in [-0.3, -0.25) is 9.59 Å². The molecule has 1 saturated carbocycles. The molecular weight excluding hydrogens is 438 g/mol. The van der Waals surface area contributed by atoms with Crippen molar-refractivity contribution < 1.29 is 14.0 Å². The minimum atomic E-state index is -1.02. The Bertz CT molecular complexity index is 1180. The molecule has 2 unspecified atom stereocenters. The van der Waals surface area contributed by atoms with Crippen molar-refractivity contribution in [3.8, 4) is 11.5 Å². The van der Waals surface area contributed by atoms with Gasteiger partial charge in [-0.15, -0.1) is 0 Å². The molecule has 3 heterocycles. The Hall–Kier alpha value is -3.28. The summed E-state index contributed by atoms with van der Waals surface area (Å²) < 4.78 is 7.59. The fraction of sp³-hybridized carbons (Fsp3) is 0.448. The summed E-state index contributed by atoms with van der Waals surface area (Å²) in [6.45, 7) is 7.16. The number of nitrogens with zero attached hydrogens (tertiary/aromatic N) is 2. The van der Waals surface area contributed by atoms with Crippen LogP contribution in [0.3, 0.4) is 0 Å². The average Bonchev–Trinajstić information content (AvgIpc) is 3.53. The molecule has 184 valence electrons. The molecule has 35 heavy (non-hydrogen) atoms. The Labute approximate surface area is 207 Å². The van der Waals surface area contributed by atoms with Crippen LogP contribution in [-0.2, 0) is 11.3 Å². The first-order valence-corrected chi connectivity index (χ1v) is 12.8. The zero-order valence-electron chi connectivity index (χ0n) is 20.9. The monoisotopic (exact) mass is 473 g/mol. The summed E-state index contributed by atoms with van der Waals surface area (Å²) in [6, 6.07) is 17.8. The number of carbonyl (C=O) groups excluding carboxylic acids is 2. The van der Waals surface area contributed by atoms with Gasteiger partial charge in [0.05, 0.1) is 18.5 Å². The van der Waals surface area contributed by atoms with Crippen molar-refractivity contribution in [2.24, 2.45) is 5.92 Å². The summed E-state index contributed by atoms with van der Waals surface area (Å²) in [5, 5.41) is 3.32. The molecule has 1 aromatic carbocycles. The maximum atomic E-state index is 13.9. The van der Waals surface area contributed by atoms with Crippen LogP contribution >= 0.6 is 0 Å². The number of carbonyl (C=O) groups is 2. The van der Waals surface area contributed by atoms with Gasteiger partial charge in [0.2, 0.25) is 5.91 Å². The lowest BCUT2D eigenvalue weighted by molar-refractivity contribution is -0.134. The third-order valence-electron chi connectivity index (χ3n) is 7.95. The second-order valence-electron chi connectivity index (χ2n) is 10.6. The van der Waals surface area contributed by atoms with E-state index in [1.165, 1.54) is 0 Å². The van der Waals surface area contributed by atoms with Gasteiger partial charge in [-0.2, -0.15) is 0 Å². The molecule has 3 aromatic rings. The standard InChI is InChI=1S/C29H35N3O3/c1-20-11-13-23(14-12-20)30-28(34)29(3)19-31-24(26-10-7-17-35-26)15-16-25(31)27(33)32(29)18-21(2)22-8-5-4-6-9-22/h4-10,15-17,20-21,23H,11-14,18-19H2,1-3H3,(H,30,34). The second-order valence-corrected chi connectivity index (χ2v) is 10.6. The molecule has 2 atom stereocenters. The van der Waals surface area contributed by atoms with Crippen molar-refractivity contribution in [3.05, 3.63) is 72.1 Å². The molecule has 5 rings (SSSR count). The molecule has 1 fully saturated rings. The molecule has 2 amide bonds. The van der Waals surface area contributed by atoms with Crippen molar-refractivity contribution in [2.45, 2.75) is 70.5 Å². The van der Waals surface area contributed by atoms with E-state index in [4.69, 9.17) is 4.42 Å². The van der Waals surface area contributed by atoms with Gasteiger partial charge >= 0.3 is 0 Å². The van der Waals surface area contributed by atoms with Gasteiger partial charge < -0.3 is 19.2 Å². The van der Waals surface area contributed by atoms with E-state index in [0.717, 1.165) is 36.9 Å². The average molecular weight is 474 g/mol. The summed E-state index contributed by atoms with van der Waals surface area (Å²) in [5.74, 6) is 1.30. The number of amides is 2. The molecule has 0 saturated heterocycles. The van der Waals surface area contributed by atoms with E-state index in [-0.39, 0.29) is 23.8 Å². The second kappa shape index (κ2) is 9.40. The number of nitrogens with one attached hydrogen (secondary N) is 1. The number of aromatic nitrogens is 1. The van der Waals surface area contributed by atoms with Crippen LogP contribution in [0.2, 0.25) is 0 Å².